The van der Waals surface area contributed by atoms with Gasteiger partial charge in [-0.1, -0.05) is 6.07 Å². The summed E-state index contributed by atoms with van der Waals surface area (Å²) in [4.78, 5) is 18.8. The summed E-state index contributed by atoms with van der Waals surface area (Å²) in [6.07, 6.45) is 3.14. The van der Waals surface area contributed by atoms with Crippen LogP contribution in [0.5, 0.6) is 0 Å². The van der Waals surface area contributed by atoms with Gasteiger partial charge in [0.2, 0.25) is 0 Å². The zero-order valence-corrected chi connectivity index (χ0v) is 10.8. The van der Waals surface area contributed by atoms with Crippen molar-refractivity contribution in [1.82, 2.24) is 9.88 Å². The second-order valence-corrected chi connectivity index (χ2v) is 5.31. The minimum Gasteiger partial charge on any atom is -0.331 e. The van der Waals surface area contributed by atoms with Crippen molar-refractivity contribution in [2.75, 3.05) is 6.54 Å². The number of nitrogens with zero attached hydrogens (tertiary/aromatic N) is 2. The number of aromatic nitrogens is 1. The fourth-order valence-electron chi connectivity index (χ4n) is 3.28. The first-order valence-electron chi connectivity index (χ1n) is 6.77. The van der Waals surface area contributed by atoms with Gasteiger partial charge in [-0.05, 0) is 41.8 Å². The molecule has 100 valence electrons. The number of carbonyl (C=O) groups is 1. The van der Waals surface area contributed by atoms with E-state index in [1.54, 1.807) is 18.3 Å². The average Bonchev–Trinajstić information content (AvgIpc) is 2.47. The molecule has 0 saturated carbocycles. The van der Waals surface area contributed by atoms with Crippen LogP contribution in [0, 0.1) is 5.82 Å². The molecule has 2 aliphatic rings. The lowest BCUT2D eigenvalue weighted by Gasteiger charge is -2.40. The number of carbonyl (C=O) groups excluding carboxylic acids is 1. The quantitative estimate of drug-likeness (QED) is 0.735. The van der Waals surface area contributed by atoms with Crippen molar-refractivity contribution in [2.24, 2.45) is 0 Å². The molecule has 3 heterocycles. The van der Waals surface area contributed by atoms with Crippen LogP contribution < -0.4 is 0 Å². The number of hydrogen-bond acceptors (Lipinski definition) is 2. The molecular formula is C16H13FN2O. The molecule has 1 atom stereocenters. The van der Waals surface area contributed by atoms with E-state index in [2.05, 4.69) is 4.98 Å². The van der Waals surface area contributed by atoms with Gasteiger partial charge in [-0.2, -0.15) is 0 Å². The fourth-order valence-corrected chi connectivity index (χ4v) is 3.28. The predicted molar refractivity (Wildman–Crippen MR) is 71.8 cm³/mol. The third-order valence-corrected chi connectivity index (χ3v) is 4.23. The molecule has 0 fully saturated rings. The zero-order valence-electron chi connectivity index (χ0n) is 10.8. The molecule has 0 saturated heterocycles. The average molecular weight is 268 g/mol. The number of fused-ring (bicyclic) bond motifs is 4. The minimum absolute atomic E-state index is 0.00532. The molecule has 1 unspecified atom stereocenters. The number of amides is 1. The van der Waals surface area contributed by atoms with E-state index in [0.717, 1.165) is 16.8 Å². The fraction of sp³-hybridized carbons (Fsp3) is 0.250. The molecule has 2 aromatic rings. The van der Waals surface area contributed by atoms with Crippen molar-refractivity contribution in [3.8, 4) is 0 Å². The normalized spacial score (nSPS) is 20.1. The van der Waals surface area contributed by atoms with E-state index >= 15 is 0 Å². The van der Waals surface area contributed by atoms with Gasteiger partial charge in [-0.25, -0.2) is 4.39 Å². The maximum absolute atomic E-state index is 13.3. The van der Waals surface area contributed by atoms with Crippen LogP contribution in [0.2, 0.25) is 0 Å². The SMILES string of the molecule is O=C1c2cccnc2CC2c3ccc(F)cc3CCN12. The van der Waals surface area contributed by atoms with Gasteiger partial charge in [-0.3, -0.25) is 9.78 Å². The lowest BCUT2D eigenvalue weighted by Crippen LogP contribution is -2.44. The van der Waals surface area contributed by atoms with Gasteiger partial charge < -0.3 is 4.90 Å². The van der Waals surface area contributed by atoms with Crippen molar-refractivity contribution in [1.29, 1.82) is 0 Å². The maximum Gasteiger partial charge on any atom is 0.256 e. The number of rotatable bonds is 0. The van der Waals surface area contributed by atoms with Crippen LogP contribution in [0.1, 0.15) is 33.2 Å². The molecule has 2 aliphatic heterocycles. The second kappa shape index (κ2) is 4.13. The molecule has 1 aromatic carbocycles. The highest BCUT2D eigenvalue weighted by molar-refractivity contribution is 5.96. The molecule has 4 rings (SSSR count). The van der Waals surface area contributed by atoms with Crippen molar-refractivity contribution in [3.05, 3.63) is 64.7 Å². The van der Waals surface area contributed by atoms with E-state index in [0.29, 0.717) is 24.9 Å². The minimum atomic E-state index is -0.210. The smallest absolute Gasteiger partial charge is 0.256 e. The Morgan fingerprint density at radius 3 is 3.10 bits per heavy atom. The van der Waals surface area contributed by atoms with Crippen LogP contribution in [-0.4, -0.2) is 22.3 Å². The van der Waals surface area contributed by atoms with Crippen molar-refractivity contribution >= 4 is 5.91 Å². The van der Waals surface area contributed by atoms with Gasteiger partial charge in [0, 0.05) is 19.2 Å². The summed E-state index contributed by atoms with van der Waals surface area (Å²) in [6, 6.07) is 8.49. The Morgan fingerprint density at radius 2 is 2.20 bits per heavy atom. The Labute approximate surface area is 116 Å². The Balaban J connectivity index is 1.84. The first-order chi connectivity index (χ1) is 9.74. The number of halogens is 1. The van der Waals surface area contributed by atoms with Crippen molar-refractivity contribution < 1.29 is 9.18 Å². The number of hydrogen-bond donors (Lipinski definition) is 0. The highest BCUT2D eigenvalue weighted by atomic mass is 19.1. The molecule has 0 radical (unpaired) electrons. The summed E-state index contributed by atoms with van der Waals surface area (Å²) in [7, 11) is 0. The highest BCUT2D eigenvalue weighted by Crippen LogP contribution is 2.37. The second-order valence-electron chi connectivity index (χ2n) is 5.31. The Morgan fingerprint density at radius 1 is 1.30 bits per heavy atom. The van der Waals surface area contributed by atoms with Gasteiger partial charge in [-0.15, -0.1) is 0 Å². The molecule has 0 bridgehead atoms. The van der Waals surface area contributed by atoms with Crippen LogP contribution in [0.4, 0.5) is 4.39 Å². The largest absolute Gasteiger partial charge is 0.331 e. The Kier molecular flexibility index (Phi) is 2.39. The van der Waals surface area contributed by atoms with E-state index < -0.39 is 0 Å². The number of pyridine rings is 1. The summed E-state index contributed by atoms with van der Waals surface area (Å²) in [5, 5.41) is 0. The Hall–Kier alpha value is -2.23. The molecule has 0 N–H and O–H groups in total. The molecule has 4 heteroatoms. The van der Waals surface area contributed by atoms with E-state index in [4.69, 9.17) is 0 Å². The van der Waals surface area contributed by atoms with Crippen molar-refractivity contribution in [3.63, 3.8) is 0 Å². The van der Waals surface area contributed by atoms with Crippen LogP contribution in [0.25, 0.3) is 0 Å². The monoisotopic (exact) mass is 268 g/mol. The maximum atomic E-state index is 13.3. The summed E-state index contributed by atoms with van der Waals surface area (Å²) >= 11 is 0. The Bertz CT molecular complexity index is 713. The van der Waals surface area contributed by atoms with Gasteiger partial charge in [0.25, 0.3) is 5.91 Å². The van der Waals surface area contributed by atoms with E-state index in [9.17, 15) is 9.18 Å². The summed E-state index contributed by atoms with van der Waals surface area (Å²) in [5.74, 6) is -0.169. The zero-order chi connectivity index (χ0) is 13.7. The van der Waals surface area contributed by atoms with Gasteiger partial charge in [0.05, 0.1) is 17.3 Å². The summed E-state index contributed by atoms with van der Waals surface area (Å²) in [5.41, 5.74) is 3.62. The van der Waals surface area contributed by atoms with E-state index in [1.165, 1.54) is 6.07 Å². The van der Waals surface area contributed by atoms with Gasteiger partial charge >= 0.3 is 0 Å². The third-order valence-electron chi connectivity index (χ3n) is 4.23. The molecular weight excluding hydrogens is 255 g/mol. The molecule has 0 aliphatic carbocycles. The van der Waals surface area contributed by atoms with E-state index in [1.807, 2.05) is 17.0 Å². The van der Waals surface area contributed by atoms with Crippen LogP contribution in [-0.2, 0) is 12.8 Å². The topological polar surface area (TPSA) is 33.2 Å². The number of benzene rings is 1. The van der Waals surface area contributed by atoms with Gasteiger partial charge in [0.1, 0.15) is 5.82 Å². The third kappa shape index (κ3) is 1.57. The molecule has 20 heavy (non-hydrogen) atoms. The summed E-state index contributed by atoms with van der Waals surface area (Å²) in [6.45, 7) is 0.647. The molecule has 1 amide bonds. The molecule has 3 nitrogen and oxygen atoms in total. The van der Waals surface area contributed by atoms with Crippen LogP contribution in [0.15, 0.2) is 36.5 Å². The first-order valence-corrected chi connectivity index (χ1v) is 6.77. The highest BCUT2D eigenvalue weighted by Gasteiger charge is 2.37. The predicted octanol–water partition coefficient (Wildman–Crippen LogP) is 2.52. The molecule has 0 spiro atoms. The first kappa shape index (κ1) is 11.6. The van der Waals surface area contributed by atoms with Gasteiger partial charge in [0.15, 0.2) is 0 Å². The van der Waals surface area contributed by atoms with E-state index in [-0.39, 0.29) is 17.8 Å². The summed E-state index contributed by atoms with van der Waals surface area (Å²) < 4.78 is 13.3. The molecule has 1 aromatic heterocycles. The van der Waals surface area contributed by atoms with Crippen LogP contribution in [0.3, 0.4) is 0 Å². The van der Waals surface area contributed by atoms with Crippen molar-refractivity contribution in [2.45, 2.75) is 18.9 Å². The lowest BCUT2D eigenvalue weighted by molar-refractivity contribution is 0.0628. The van der Waals surface area contributed by atoms with Crippen LogP contribution >= 0.6 is 0 Å². The standard InChI is InChI=1S/C16H13FN2O/c17-11-3-4-12-10(8-11)5-7-19-15(12)9-14-13(16(19)20)2-1-6-18-14/h1-4,6,8,15H,5,7,9H2. The lowest BCUT2D eigenvalue weighted by atomic mass is 9.85.